The number of fused-ring (bicyclic) bond motifs is 2. The SMILES string of the molecule is COCCOC1=C2CC(C=C1)/N=C1\N=CNc3[nH]cc(c31)CNCCCN(C)C(=O)CO2. The lowest BCUT2D eigenvalue weighted by Gasteiger charge is -2.23. The molecule has 172 valence electrons. The number of hydrogen-bond acceptors (Lipinski definition) is 8. The van der Waals surface area contributed by atoms with Crippen LogP contribution < -0.4 is 10.6 Å². The first-order valence-electron chi connectivity index (χ1n) is 10.8. The van der Waals surface area contributed by atoms with Gasteiger partial charge in [-0.2, -0.15) is 0 Å². The minimum absolute atomic E-state index is 0.0400. The van der Waals surface area contributed by atoms with Crippen LogP contribution in [0.15, 0.2) is 39.9 Å². The van der Waals surface area contributed by atoms with Gasteiger partial charge >= 0.3 is 0 Å². The summed E-state index contributed by atoms with van der Waals surface area (Å²) >= 11 is 0. The summed E-state index contributed by atoms with van der Waals surface area (Å²) < 4.78 is 16.8. The first-order valence-corrected chi connectivity index (χ1v) is 10.8. The number of amides is 1. The number of aromatic amines is 1. The van der Waals surface area contributed by atoms with E-state index in [4.69, 9.17) is 19.2 Å². The number of anilines is 1. The Bertz CT molecular complexity index is 948. The number of carbonyl (C=O) groups excluding carboxylic acids is 1. The number of nitrogens with zero attached hydrogens (tertiary/aromatic N) is 3. The molecule has 0 spiro atoms. The van der Waals surface area contributed by atoms with E-state index in [2.05, 4.69) is 20.6 Å². The summed E-state index contributed by atoms with van der Waals surface area (Å²) in [6.45, 7) is 2.95. The van der Waals surface area contributed by atoms with Gasteiger partial charge in [0.25, 0.3) is 5.91 Å². The smallest absolute Gasteiger partial charge is 0.260 e. The summed E-state index contributed by atoms with van der Waals surface area (Å²) in [6, 6.07) is -0.186. The molecular weight excluding hydrogens is 412 g/mol. The third-order valence-corrected chi connectivity index (χ3v) is 5.51. The summed E-state index contributed by atoms with van der Waals surface area (Å²) in [5.74, 6) is 2.70. The van der Waals surface area contributed by atoms with Gasteiger partial charge in [0.1, 0.15) is 18.2 Å². The number of likely N-dealkylation sites (N-methyl/N-ethyl adjacent to an activating group) is 1. The van der Waals surface area contributed by atoms with Crippen molar-refractivity contribution in [3.05, 3.63) is 41.0 Å². The predicted molar refractivity (Wildman–Crippen MR) is 122 cm³/mol. The molecule has 3 aliphatic rings. The molecular formula is C22H30N6O4. The second kappa shape index (κ2) is 10.5. The van der Waals surface area contributed by atoms with Crippen molar-refractivity contribution < 1.29 is 19.0 Å². The molecule has 0 aromatic carbocycles. The van der Waals surface area contributed by atoms with Crippen LogP contribution in [0, 0.1) is 0 Å². The van der Waals surface area contributed by atoms with Crippen molar-refractivity contribution in [3.63, 3.8) is 0 Å². The van der Waals surface area contributed by atoms with E-state index in [0.29, 0.717) is 50.1 Å². The quantitative estimate of drug-likeness (QED) is 0.608. The topological polar surface area (TPSA) is 113 Å². The molecule has 1 aromatic rings. The number of methoxy groups -OCH3 is 1. The standard InChI is InChI=1S/C22H30N6O4/c1-28-7-3-6-23-11-15-12-24-21-20(15)22(26-14-25-21)27-16-4-5-17(31-9-8-30-2)18(10-16)32-13-19(28)29/h4-5,12,14,16,23H,3,6-11,13H2,1-2H3,(H2,24,25,26,27). The number of hydrogen-bond donors (Lipinski definition) is 3. The van der Waals surface area contributed by atoms with Gasteiger partial charge < -0.3 is 34.7 Å². The molecule has 0 saturated heterocycles. The maximum atomic E-state index is 12.5. The Labute approximate surface area is 187 Å². The zero-order valence-corrected chi connectivity index (χ0v) is 18.5. The van der Waals surface area contributed by atoms with E-state index in [1.54, 1.807) is 25.4 Å². The number of rotatable bonds is 4. The highest BCUT2D eigenvalue weighted by atomic mass is 16.5. The number of ether oxygens (including phenoxy) is 3. The van der Waals surface area contributed by atoms with Gasteiger partial charge in [0, 0.05) is 39.9 Å². The molecule has 3 heterocycles. The highest BCUT2D eigenvalue weighted by Gasteiger charge is 2.24. The maximum absolute atomic E-state index is 12.5. The van der Waals surface area contributed by atoms with Gasteiger partial charge in [0.15, 0.2) is 18.2 Å². The van der Waals surface area contributed by atoms with Crippen molar-refractivity contribution in [2.75, 3.05) is 52.4 Å². The van der Waals surface area contributed by atoms with Gasteiger partial charge in [-0.05, 0) is 24.6 Å². The van der Waals surface area contributed by atoms with Crippen molar-refractivity contribution in [1.82, 2.24) is 15.2 Å². The van der Waals surface area contributed by atoms with E-state index in [9.17, 15) is 4.79 Å². The minimum Gasteiger partial charge on any atom is -0.488 e. The van der Waals surface area contributed by atoms with Crippen LogP contribution in [0.5, 0.6) is 0 Å². The molecule has 0 saturated carbocycles. The molecule has 3 N–H and O–H groups in total. The van der Waals surface area contributed by atoms with Gasteiger partial charge in [-0.25, -0.2) is 4.99 Å². The van der Waals surface area contributed by atoms with E-state index in [1.807, 2.05) is 18.3 Å². The first kappa shape index (κ1) is 22.1. The molecule has 4 rings (SSSR count). The Morgan fingerprint density at radius 3 is 3.12 bits per heavy atom. The van der Waals surface area contributed by atoms with Crippen LogP contribution in [0.2, 0.25) is 0 Å². The van der Waals surface area contributed by atoms with Crippen molar-refractivity contribution in [1.29, 1.82) is 0 Å². The summed E-state index contributed by atoms with van der Waals surface area (Å²) in [5.41, 5.74) is 2.07. The van der Waals surface area contributed by atoms with Gasteiger partial charge in [0.05, 0.1) is 24.6 Å². The number of aromatic nitrogens is 1. The molecule has 2 aliphatic heterocycles. The molecule has 32 heavy (non-hydrogen) atoms. The number of carbonyl (C=O) groups is 1. The van der Waals surface area contributed by atoms with E-state index in [1.165, 1.54) is 0 Å². The van der Waals surface area contributed by atoms with Crippen molar-refractivity contribution in [2.45, 2.75) is 25.4 Å². The number of aliphatic imine (C=N–C) groups is 2. The highest BCUT2D eigenvalue weighted by Crippen LogP contribution is 2.27. The predicted octanol–water partition coefficient (Wildman–Crippen LogP) is 1.39. The lowest BCUT2D eigenvalue weighted by atomic mass is 10.1. The molecule has 1 aliphatic carbocycles. The summed E-state index contributed by atoms with van der Waals surface area (Å²) in [5, 5.41) is 6.59. The molecule has 2 bridgehead atoms. The largest absolute Gasteiger partial charge is 0.488 e. The molecule has 10 nitrogen and oxygen atoms in total. The Morgan fingerprint density at radius 2 is 2.25 bits per heavy atom. The van der Waals surface area contributed by atoms with Gasteiger partial charge in [-0.15, -0.1) is 0 Å². The number of allylic oxidation sites excluding steroid dienone is 1. The zero-order chi connectivity index (χ0) is 22.3. The van der Waals surface area contributed by atoms with Crippen LogP contribution in [0.3, 0.4) is 0 Å². The third-order valence-electron chi connectivity index (χ3n) is 5.51. The minimum atomic E-state index is -0.186. The molecule has 0 radical (unpaired) electrons. The highest BCUT2D eigenvalue weighted by molar-refractivity contribution is 6.12. The third kappa shape index (κ3) is 5.20. The molecule has 1 atom stereocenters. The summed E-state index contributed by atoms with van der Waals surface area (Å²) in [7, 11) is 3.42. The Hall–Kier alpha value is -3.11. The Kier molecular flexibility index (Phi) is 7.23. The lowest BCUT2D eigenvalue weighted by Crippen LogP contribution is -2.33. The second-order valence-corrected chi connectivity index (χ2v) is 7.81. The van der Waals surface area contributed by atoms with Crippen LogP contribution in [0.1, 0.15) is 24.0 Å². The van der Waals surface area contributed by atoms with Gasteiger partial charge in [-0.1, -0.05) is 6.08 Å². The monoisotopic (exact) mass is 442 g/mol. The first-order chi connectivity index (χ1) is 15.7. The fraction of sp³-hybridized carbons (Fsp3) is 0.500. The molecule has 1 unspecified atom stereocenters. The lowest BCUT2D eigenvalue weighted by molar-refractivity contribution is -0.133. The van der Waals surface area contributed by atoms with Crippen molar-refractivity contribution in [2.24, 2.45) is 9.98 Å². The Morgan fingerprint density at radius 1 is 1.34 bits per heavy atom. The van der Waals surface area contributed by atoms with Crippen LogP contribution in [0.25, 0.3) is 0 Å². The number of H-pyrrole nitrogens is 1. The fourth-order valence-corrected chi connectivity index (χ4v) is 3.73. The van der Waals surface area contributed by atoms with Crippen molar-refractivity contribution in [3.8, 4) is 0 Å². The molecule has 10 heteroatoms. The van der Waals surface area contributed by atoms with E-state index >= 15 is 0 Å². The van der Waals surface area contributed by atoms with E-state index in [-0.39, 0.29) is 18.6 Å². The number of nitrogens with one attached hydrogen (secondary N) is 3. The van der Waals surface area contributed by atoms with E-state index < -0.39 is 0 Å². The average molecular weight is 443 g/mol. The fourth-order valence-electron chi connectivity index (χ4n) is 3.73. The van der Waals surface area contributed by atoms with E-state index in [0.717, 1.165) is 29.9 Å². The second-order valence-electron chi connectivity index (χ2n) is 7.81. The van der Waals surface area contributed by atoms with Crippen LogP contribution in [0.4, 0.5) is 5.82 Å². The zero-order valence-electron chi connectivity index (χ0n) is 18.5. The van der Waals surface area contributed by atoms with Gasteiger partial charge in [0.2, 0.25) is 0 Å². The van der Waals surface area contributed by atoms with Crippen LogP contribution in [-0.4, -0.2) is 81.1 Å². The Balaban J connectivity index is 1.62. The summed E-state index contributed by atoms with van der Waals surface area (Å²) in [4.78, 5) is 26.9. The summed E-state index contributed by atoms with van der Waals surface area (Å²) in [6.07, 6.45) is 8.76. The van der Waals surface area contributed by atoms with Crippen LogP contribution >= 0.6 is 0 Å². The number of amidine groups is 1. The maximum Gasteiger partial charge on any atom is 0.260 e. The molecule has 1 amide bonds. The van der Waals surface area contributed by atoms with Gasteiger partial charge in [-0.3, -0.25) is 9.79 Å². The average Bonchev–Trinajstić information content (AvgIpc) is 3.22. The van der Waals surface area contributed by atoms with Crippen LogP contribution in [-0.2, 0) is 25.5 Å². The van der Waals surface area contributed by atoms with Crippen molar-refractivity contribution >= 4 is 23.9 Å². The normalized spacial score (nSPS) is 23.2. The molecule has 1 aromatic heterocycles. The molecule has 0 fully saturated rings.